The van der Waals surface area contributed by atoms with Crippen molar-refractivity contribution in [1.82, 2.24) is 0 Å². The number of phosphoric acid groups is 1. The average Bonchev–Trinajstić information content (AvgIpc) is 3.11. The standard InChI is InChI=1S/C42H71O10P/c1-3-5-7-8-9-10-11-12-13-14-15-16-17-21-24-28-34-41(45)50-36-40(37-51-53(47,48)49)52-42(46)35-29-33-39(44)32-27-23-20-18-19-22-26-31-38(43)30-25-6-4-2/h9-10,12-13,19-20,22-23,26-27,31-32,38-40,43-44H,3-8,11,14-18,21,24-25,28-30,33-37H2,1-2H3,(H2,47,48,49)/b10-9-,13-12-,22-19-,23-20-,31-26+,32-27+/t38-,39-,40-/m1/s1. The van der Waals surface area contributed by atoms with E-state index >= 15 is 0 Å². The predicted molar refractivity (Wildman–Crippen MR) is 214 cm³/mol. The Hall–Kier alpha value is -2.59. The molecule has 0 aliphatic heterocycles. The fourth-order valence-corrected chi connectivity index (χ4v) is 5.45. The van der Waals surface area contributed by atoms with Crippen molar-refractivity contribution in [3.05, 3.63) is 72.9 Å². The van der Waals surface area contributed by atoms with Gasteiger partial charge in [-0.15, -0.1) is 0 Å². The van der Waals surface area contributed by atoms with Crippen LogP contribution in [0.25, 0.3) is 0 Å². The van der Waals surface area contributed by atoms with E-state index in [4.69, 9.17) is 19.3 Å². The first-order chi connectivity index (χ1) is 25.6. The maximum Gasteiger partial charge on any atom is 0.469 e. The summed E-state index contributed by atoms with van der Waals surface area (Å²) in [5.74, 6) is -1.13. The van der Waals surface area contributed by atoms with Crippen LogP contribution >= 0.6 is 7.82 Å². The van der Waals surface area contributed by atoms with Crippen molar-refractivity contribution in [2.24, 2.45) is 0 Å². The van der Waals surface area contributed by atoms with Crippen LogP contribution in [-0.2, 0) is 28.2 Å². The Kier molecular flexibility index (Phi) is 34.6. The molecule has 11 heteroatoms. The summed E-state index contributed by atoms with van der Waals surface area (Å²) < 4.78 is 26.2. The summed E-state index contributed by atoms with van der Waals surface area (Å²) in [6, 6.07) is 0. The number of carbonyl (C=O) groups is 2. The Bertz CT molecular complexity index is 1120. The molecule has 0 aromatic heterocycles. The van der Waals surface area contributed by atoms with E-state index in [1.54, 1.807) is 18.2 Å². The van der Waals surface area contributed by atoms with Crippen molar-refractivity contribution in [3.8, 4) is 0 Å². The minimum Gasteiger partial charge on any atom is -0.462 e. The van der Waals surface area contributed by atoms with Gasteiger partial charge in [0, 0.05) is 12.8 Å². The molecule has 0 aromatic rings. The van der Waals surface area contributed by atoms with Gasteiger partial charge in [-0.2, -0.15) is 0 Å². The number of unbranched alkanes of at least 4 members (excludes halogenated alkanes) is 11. The summed E-state index contributed by atoms with van der Waals surface area (Å²) in [6.07, 6.45) is 39.7. The molecular formula is C42H71O10P. The zero-order valence-corrected chi connectivity index (χ0v) is 33.5. The predicted octanol–water partition coefficient (Wildman–Crippen LogP) is 9.84. The zero-order valence-electron chi connectivity index (χ0n) is 32.6. The molecule has 0 saturated heterocycles. The first kappa shape index (κ1) is 50.4. The molecule has 0 aliphatic rings. The third-order valence-electron chi connectivity index (χ3n) is 8.16. The molecule has 4 N–H and O–H groups in total. The molecule has 304 valence electrons. The van der Waals surface area contributed by atoms with Gasteiger partial charge in [-0.25, -0.2) is 4.57 Å². The van der Waals surface area contributed by atoms with E-state index in [2.05, 4.69) is 42.7 Å². The fourth-order valence-electron chi connectivity index (χ4n) is 5.09. The molecule has 0 fully saturated rings. The molecule has 0 heterocycles. The van der Waals surface area contributed by atoms with Crippen molar-refractivity contribution < 1.29 is 48.2 Å². The lowest BCUT2D eigenvalue weighted by atomic mass is 10.1. The van der Waals surface area contributed by atoms with Crippen LogP contribution in [0.15, 0.2) is 72.9 Å². The molecule has 3 atom stereocenters. The smallest absolute Gasteiger partial charge is 0.462 e. The molecule has 0 spiro atoms. The van der Waals surface area contributed by atoms with Crippen molar-refractivity contribution in [1.29, 1.82) is 0 Å². The summed E-state index contributed by atoms with van der Waals surface area (Å²) in [7, 11) is -4.82. The van der Waals surface area contributed by atoms with Crippen LogP contribution in [0.1, 0.15) is 149 Å². The average molecular weight is 767 g/mol. The van der Waals surface area contributed by atoms with Gasteiger partial charge >= 0.3 is 19.8 Å². The molecule has 0 aliphatic carbocycles. The summed E-state index contributed by atoms with van der Waals surface area (Å²) in [4.78, 5) is 42.8. The second-order valence-corrected chi connectivity index (χ2v) is 14.5. The van der Waals surface area contributed by atoms with E-state index in [1.165, 1.54) is 25.7 Å². The lowest BCUT2D eigenvalue weighted by molar-refractivity contribution is -0.161. The highest BCUT2D eigenvalue weighted by atomic mass is 31.2. The van der Waals surface area contributed by atoms with E-state index in [0.717, 1.165) is 70.6 Å². The third kappa shape index (κ3) is 38.9. The van der Waals surface area contributed by atoms with Crippen molar-refractivity contribution in [2.45, 2.75) is 167 Å². The van der Waals surface area contributed by atoms with Crippen molar-refractivity contribution in [2.75, 3.05) is 13.2 Å². The van der Waals surface area contributed by atoms with E-state index in [-0.39, 0.29) is 19.4 Å². The molecule has 0 saturated carbocycles. The molecule has 0 rings (SSSR count). The van der Waals surface area contributed by atoms with Crippen LogP contribution in [0.5, 0.6) is 0 Å². The molecule has 53 heavy (non-hydrogen) atoms. The Balaban J connectivity index is 4.23. The summed E-state index contributed by atoms with van der Waals surface area (Å²) in [6.45, 7) is 3.34. The first-order valence-corrected chi connectivity index (χ1v) is 21.5. The van der Waals surface area contributed by atoms with Crippen LogP contribution in [0.3, 0.4) is 0 Å². The molecule has 0 amide bonds. The van der Waals surface area contributed by atoms with E-state index in [1.807, 2.05) is 30.4 Å². The minimum absolute atomic E-state index is 0.0421. The van der Waals surface area contributed by atoms with Crippen LogP contribution < -0.4 is 0 Å². The molecule has 0 aromatic carbocycles. The van der Waals surface area contributed by atoms with Gasteiger partial charge in [-0.1, -0.05) is 145 Å². The van der Waals surface area contributed by atoms with Gasteiger partial charge in [0.15, 0.2) is 6.10 Å². The lowest BCUT2D eigenvalue weighted by Crippen LogP contribution is -2.29. The number of allylic oxidation sites excluding steroid dienone is 10. The molecule has 10 nitrogen and oxygen atoms in total. The molecule has 0 bridgehead atoms. The van der Waals surface area contributed by atoms with Crippen molar-refractivity contribution >= 4 is 19.8 Å². The van der Waals surface area contributed by atoms with Gasteiger partial charge in [0.25, 0.3) is 0 Å². The second-order valence-electron chi connectivity index (χ2n) is 13.3. The highest BCUT2D eigenvalue weighted by molar-refractivity contribution is 7.46. The minimum atomic E-state index is -4.82. The van der Waals surface area contributed by atoms with Crippen LogP contribution in [0.4, 0.5) is 0 Å². The van der Waals surface area contributed by atoms with E-state index in [0.29, 0.717) is 25.7 Å². The zero-order chi connectivity index (χ0) is 39.3. The Morgan fingerprint density at radius 2 is 1.09 bits per heavy atom. The summed E-state index contributed by atoms with van der Waals surface area (Å²) in [5.41, 5.74) is 0. The number of aliphatic hydroxyl groups excluding tert-OH is 2. The number of ether oxygens (including phenoxy) is 2. The Morgan fingerprint density at radius 1 is 0.585 bits per heavy atom. The number of rotatable bonds is 35. The highest BCUT2D eigenvalue weighted by Gasteiger charge is 2.23. The van der Waals surface area contributed by atoms with E-state index in [9.17, 15) is 24.4 Å². The number of hydrogen-bond acceptors (Lipinski definition) is 8. The molecule has 0 radical (unpaired) electrons. The van der Waals surface area contributed by atoms with Crippen molar-refractivity contribution in [3.63, 3.8) is 0 Å². The van der Waals surface area contributed by atoms with Gasteiger partial charge < -0.3 is 29.5 Å². The number of aliphatic hydroxyl groups is 2. The normalized spacial score (nSPS) is 14.5. The van der Waals surface area contributed by atoms with Crippen LogP contribution in [-0.4, -0.2) is 63.5 Å². The van der Waals surface area contributed by atoms with E-state index < -0.39 is 44.7 Å². The molecular weight excluding hydrogens is 695 g/mol. The summed E-state index contributed by atoms with van der Waals surface area (Å²) >= 11 is 0. The summed E-state index contributed by atoms with van der Waals surface area (Å²) in [5, 5.41) is 20.1. The first-order valence-electron chi connectivity index (χ1n) is 19.9. The van der Waals surface area contributed by atoms with Gasteiger partial charge in [-0.05, 0) is 64.2 Å². The molecule has 0 unspecified atom stereocenters. The van der Waals surface area contributed by atoms with Crippen LogP contribution in [0.2, 0.25) is 0 Å². The highest BCUT2D eigenvalue weighted by Crippen LogP contribution is 2.36. The Morgan fingerprint density at radius 3 is 1.70 bits per heavy atom. The SMILES string of the molecule is CCCCC/C=C\C/C=C\CCCCCCCCC(=O)OC[C@H](COP(=O)(O)O)OC(=O)CCC[C@H](O)/C=C/C=C\C/C=C\C=C\[C@H](O)CCCCC. The number of hydrogen-bond donors (Lipinski definition) is 4. The largest absolute Gasteiger partial charge is 0.469 e. The monoisotopic (exact) mass is 766 g/mol. The number of phosphoric ester groups is 1. The van der Waals surface area contributed by atoms with Gasteiger partial charge in [0.2, 0.25) is 0 Å². The maximum absolute atomic E-state index is 12.4. The van der Waals surface area contributed by atoms with Crippen LogP contribution in [0, 0.1) is 0 Å². The van der Waals surface area contributed by atoms with Gasteiger partial charge in [-0.3, -0.25) is 14.1 Å². The van der Waals surface area contributed by atoms with Gasteiger partial charge in [0.05, 0.1) is 18.8 Å². The quantitative estimate of drug-likeness (QED) is 0.0161. The Labute approximate surface area is 320 Å². The fraction of sp³-hybridized carbons (Fsp3) is 0.667. The second kappa shape index (κ2) is 36.4. The number of carbonyl (C=O) groups excluding carboxylic acids is 2. The maximum atomic E-state index is 12.4. The lowest BCUT2D eigenvalue weighted by Gasteiger charge is -2.18. The topological polar surface area (TPSA) is 160 Å². The van der Waals surface area contributed by atoms with Gasteiger partial charge in [0.1, 0.15) is 6.61 Å². The number of esters is 2. The third-order valence-corrected chi connectivity index (χ3v) is 8.64.